The number of nitrogens with zero attached hydrogens (tertiary/aromatic N) is 2. The Balaban J connectivity index is 1.43. The van der Waals surface area contributed by atoms with E-state index in [1.165, 1.54) is 6.20 Å². The van der Waals surface area contributed by atoms with Gasteiger partial charge in [0.1, 0.15) is 17.4 Å². The number of halogens is 3. The summed E-state index contributed by atoms with van der Waals surface area (Å²) in [5.74, 6) is 0.305. The lowest BCUT2D eigenvalue weighted by atomic mass is 9.67. The number of amides is 1. The molecular formula is C21H19BrClFN4O2S. The zero-order valence-electron chi connectivity index (χ0n) is 16.3. The molecule has 3 heterocycles. The van der Waals surface area contributed by atoms with E-state index < -0.39 is 17.3 Å². The summed E-state index contributed by atoms with van der Waals surface area (Å²) in [6.07, 6.45) is 3.36. The van der Waals surface area contributed by atoms with Gasteiger partial charge in [-0.15, -0.1) is 0 Å². The van der Waals surface area contributed by atoms with Crippen LogP contribution in [-0.2, 0) is 5.54 Å². The number of fused-ring (bicyclic) bond motifs is 4. The Morgan fingerprint density at radius 2 is 2.23 bits per heavy atom. The van der Waals surface area contributed by atoms with Gasteiger partial charge in [0.15, 0.2) is 16.7 Å². The lowest BCUT2D eigenvalue weighted by Crippen LogP contribution is -2.54. The van der Waals surface area contributed by atoms with Gasteiger partial charge in [0.25, 0.3) is 5.91 Å². The predicted octanol–water partition coefficient (Wildman–Crippen LogP) is 4.25. The van der Waals surface area contributed by atoms with Crippen LogP contribution in [0, 0.1) is 11.7 Å². The highest BCUT2D eigenvalue weighted by Crippen LogP contribution is 2.54. The maximum Gasteiger partial charge on any atom is 0.273 e. The van der Waals surface area contributed by atoms with Crippen LogP contribution in [0.3, 0.4) is 0 Å². The van der Waals surface area contributed by atoms with Crippen molar-refractivity contribution in [2.24, 2.45) is 16.6 Å². The number of thioether (sulfide) groups is 1. The molecule has 31 heavy (non-hydrogen) atoms. The number of aromatic nitrogens is 1. The second-order valence-corrected chi connectivity index (χ2v) is 10.4. The van der Waals surface area contributed by atoms with Crippen LogP contribution in [0.5, 0.6) is 5.75 Å². The molecule has 0 saturated heterocycles. The average Bonchev–Trinajstić information content (AvgIpc) is 3.12. The topological polar surface area (TPSA) is 89.6 Å². The van der Waals surface area contributed by atoms with Crippen molar-refractivity contribution >= 4 is 50.4 Å². The standard InChI is InChI=1S/C21H19BrClFN4O2S/c22-10-1-3-16-13(5-10)21(9-31-20(25)28-21)14-7-12(2-4-17(14)30-16)27-19(29)18-15(24)6-11(23)8-26-18/h1,3,5-6,8,12,14,17H,2,4,7,9H2,(H2,25,28)(H,27,29). The van der Waals surface area contributed by atoms with Gasteiger partial charge in [-0.1, -0.05) is 39.3 Å². The molecule has 3 aliphatic rings. The van der Waals surface area contributed by atoms with E-state index in [0.717, 1.165) is 40.4 Å². The van der Waals surface area contributed by atoms with E-state index >= 15 is 0 Å². The van der Waals surface area contributed by atoms with Crippen molar-refractivity contribution in [3.05, 3.63) is 57.0 Å². The van der Waals surface area contributed by atoms with Crippen LogP contribution in [0.15, 0.2) is 39.9 Å². The molecule has 3 N–H and O–H groups in total. The number of aliphatic imine (C=N–C) groups is 1. The van der Waals surface area contributed by atoms with E-state index in [4.69, 9.17) is 27.1 Å². The highest BCUT2D eigenvalue weighted by molar-refractivity contribution is 9.10. The van der Waals surface area contributed by atoms with Crippen molar-refractivity contribution in [1.82, 2.24) is 10.3 Å². The number of hydrogen-bond donors (Lipinski definition) is 2. The van der Waals surface area contributed by atoms with E-state index in [1.807, 2.05) is 18.2 Å². The summed E-state index contributed by atoms with van der Waals surface area (Å²) < 4.78 is 21.4. The van der Waals surface area contributed by atoms with Gasteiger partial charge in [0, 0.05) is 33.9 Å². The lowest BCUT2D eigenvalue weighted by Gasteiger charge is -2.48. The number of amidine groups is 1. The molecular weight excluding hydrogens is 507 g/mol. The maximum absolute atomic E-state index is 14.1. The Morgan fingerprint density at radius 3 is 2.97 bits per heavy atom. The van der Waals surface area contributed by atoms with Crippen molar-refractivity contribution in [2.45, 2.75) is 36.9 Å². The van der Waals surface area contributed by atoms with Gasteiger partial charge < -0.3 is 15.8 Å². The van der Waals surface area contributed by atoms with E-state index in [-0.39, 0.29) is 28.8 Å². The van der Waals surface area contributed by atoms with Crippen molar-refractivity contribution in [1.29, 1.82) is 0 Å². The first-order chi connectivity index (χ1) is 14.9. The molecule has 2 aromatic rings. The molecule has 162 valence electrons. The molecule has 1 aliphatic carbocycles. The van der Waals surface area contributed by atoms with Gasteiger partial charge in [-0.3, -0.25) is 4.79 Å². The molecule has 1 spiro atoms. The minimum atomic E-state index is -0.737. The van der Waals surface area contributed by atoms with Crippen molar-refractivity contribution < 1.29 is 13.9 Å². The quantitative estimate of drug-likeness (QED) is 0.612. The summed E-state index contributed by atoms with van der Waals surface area (Å²) >= 11 is 10.8. The minimum absolute atomic E-state index is 0.0255. The third-order valence-corrected chi connectivity index (χ3v) is 7.87. The number of nitrogens with one attached hydrogen (secondary N) is 1. The smallest absolute Gasteiger partial charge is 0.273 e. The zero-order valence-corrected chi connectivity index (χ0v) is 19.4. The molecule has 1 aromatic heterocycles. The SMILES string of the molecule is NC1=NC2(CS1)c1cc(Br)ccc1OC1CCC(NC(=O)c3ncc(Cl)cc3F)CC12. The fourth-order valence-electron chi connectivity index (χ4n) is 4.83. The van der Waals surface area contributed by atoms with Crippen molar-refractivity contribution in [2.75, 3.05) is 5.75 Å². The largest absolute Gasteiger partial charge is 0.490 e. The summed E-state index contributed by atoms with van der Waals surface area (Å²) in [7, 11) is 0. The number of ether oxygens (including phenoxy) is 1. The average molecular weight is 526 g/mol. The lowest BCUT2D eigenvalue weighted by molar-refractivity contribution is 0.0155. The van der Waals surface area contributed by atoms with Crippen molar-refractivity contribution in [3.63, 3.8) is 0 Å². The van der Waals surface area contributed by atoms with Gasteiger partial charge in [-0.2, -0.15) is 0 Å². The molecule has 1 aromatic carbocycles. The van der Waals surface area contributed by atoms with Crippen LogP contribution in [-0.4, -0.2) is 34.0 Å². The number of rotatable bonds is 2. The molecule has 1 fully saturated rings. The highest BCUT2D eigenvalue weighted by atomic mass is 79.9. The first kappa shape index (κ1) is 21.0. The van der Waals surface area contributed by atoms with Crippen LogP contribution >= 0.6 is 39.3 Å². The van der Waals surface area contributed by atoms with Crippen LogP contribution in [0.1, 0.15) is 35.3 Å². The number of hydrogen-bond acceptors (Lipinski definition) is 6. The number of pyridine rings is 1. The van der Waals surface area contributed by atoms with Gasteiger partial charge in [-0.05, 0) is 43.5 Å². The predicted molar refractivity (Wildman–Crippen MR) is 122 cm³/mol. The fraction of sp³-hybridized carbons (Fsp3) is 0.381. The highest BCUT2D eigenvalue weighted by Gasteiger charge is 2.54. The Labute approximate surface area is 196 Å². The molecule has 2 aliphatic heterocycles. The zero-order chi connectivity index (χ0) is 21.8. The fourth-order valence-corrected chi connectivity index (χ4v) is 6.37. The minimum Gasteiger partial charge on any atom is -0.490 e. The second kappa shape index (κ2) is 7.94. The third kappa shape index (κ3) is 3.70. The molecule has 4 unspecified atom stereocenters. The van der Waals surface area contributed by atoms with E-state index in [2.05, 4.69) is 26.2 Å². The second-order valence-electron chi connectivity index (χ2n) is 8.03. The third-order valence-electron chi connectivity index (χ3n) is 6.19. The van der Waals surface area contributed by atoms with E-state index in [0.29, 0.717) is 11.6 Å². The summed E-state index contributed by atoms with van der Waals surface area (Å²) in [5, 5.41) is 3.65. The van der Waals surface area contributed by atoms with E-state index in [1.54, 1.807) is 11.8 Å². The van der Waals surface area contributed by atoms with Crippen LogP contribution in [0.2, 0.25) is 5.02 Å². The normalized spacial score (nSPS) is 29.0. The van der Waals surface area contributed by atoms with Gasteiger partial charge in [0.05, 0.1) is 5.02 Å². The first-order valence-electron chi connectivity index (χ1n) is 9.92. The number of benzene rings is 1. The summed E-state index contributed by atoms with van der Waals surface area (Å²) in [4.78, 5) is 21.4. The molecule has 1 amide bonds. The summed E-state index contributed by atoms with van der Waals surface area (Å²) in [5.41, 5.74) is 6.35. The number of carbonyl (C=O) groups excluding carboxylic acids is 1. The molecule has 0 bridgehead atoms. The number of nitrogens with two attached hydrogens (primary N) is 1. The Hall–Kier alpha value is -1.84. The van der Waals surface area contributed by atoms with Crippen molar-refractivity contribution in [3.8, 4) is 5.75 Å². The summed E-state index contributed by atoms with van der Waals surface area (Å²) in [6, 6.07) is 6.91. The van der Waals surface area contributed by atoms with Crippen LogP contribution in [0.4, 0.5) is 4.39 Å². The van der Waals surface area contributed by atoms with Crippen LogP contribution in [0.25, 0.3) is 0 Å². The number of carbonyl (C=O) groups is 1. The Kier molecular flexibility index (Phi) is 5.38. The van der Waals surface area contributed by atoms with Crippen LogP contribution < -0.4 is 15.8 Å². The van der Waals surface area contributed by atoms with Gasteiger partial charge in [-0.25, -0.2) is 14.4 Å². The van der Waals surface area contributed by atoms with E-state index in [9.17, 15) is 9.18 Å². The maximum atomic E-state index is 14.1. The Bertz CT molecular complexity index is 1100. The van der Waals surface area contributed by atoms with Gasteiger partial charge in [0.2, 0.25) is 0 Å². The molecule has 10 heteroatoms. The molecule has 6 nitrogen and oxygen atoms in total. The molecule has 4 atom stereocenters. The summed E-state index contributed by atoms with van der Waals surface area (Å²) in [6.45, 7) is 0. The monoisotopic (exact) mass is 524 g/mol. The molecule has 0 radical (unpaired) electrons. The van der Waals surface area contributed by atoms with Gasteiger partial charge >= 0.3 is 0 Å². The first-order valence-corrected chi connectivity index (χ1v) is 12.1. The molecule has 5 rings (SSSR count). The Morgan fingerprint density at radius 1 is 1.39 bits per heavy atom. The molecule has 1 saturated carbocycles.